The van der Waals surface area contributed by atoms with Gasteiger partial charge in [-0.1, -0.05) is 36.4 Å². The van der Waals surface area contributed by atoms with Crippen LogP contribution in [0.2, 0.25) is 0 Å². The molecule has 140 valence electrons. The molecule has 1 heterocycles. The van der Waals surface area contributed by atoms with Gasteiger partial charge in [-0.25, -0.2) is 8.42 Å². The van der Waals surface area contributed by atoms with E-state index in [0.29, 0.717) is 17.7 Å². The van der Waals surface area contributed by atoms with Gasteiger partial charge < -0.3 is 4.90 Å². The van der Waals surface area contributed by atoms with E-state index in [1.54, 1.807) is 29.3 Å². The lowest BCUT2D eigenvalue weighted by molar-refractivity contribution is -0.117. The van der Waals surface area contributed by atoms with E-state index in [2.05, 4.69) is 4.98 Å². The number of aromatic nitrogens is 1. The number of nitrogens with zero attached hydrogens (tertiary/aromatic N) is 3. The lowest BCUT2D eigenvalue weighted by Crippen LogP contribution is -2.43. The van der Waals surface area contributed by atoms with Gasteiger partial charge in [0.1, 0.15) is 6.54 Å². The highest BCUT2D eigenvalue weighted by atomic mass is 32.2. The number of rotatable bonds is 6. The molecule has 0 bridgehead atoms. The molecule has 0 atom stereocenters. The number of amides is 1. The monoisotopic (exact) mass is 383 g/mol. The molecule has 0 unspecified atom stereocenters. The third-order valence-electron chi connectivity index (χ3n) is 4.24. The van der Waals surface area contributed by atoms with Crippen molar-refractivity contribution >= 4 is 38.2 Å². The molecule has 0 N–H and O–H groups in total. The first kappa shape index (κ1) is 18.8. The minimum Gasteiger partial charge on any atom is -0.311 e. The summed E-state index contributed by atoms with van der Waals surface area (Å²) in [5.41, 5.74) is 1.67. The average molecular weight is 383 g/mol. The fourth-order valence-corrected chi connectivity index (χ4v) is 3.84. The summed E-state index contributed by atoms with van der Waals surface area (Å²) in [5, 5.41) is 0.812. The topological polar surface area (TPSA) is 70.6 Å². The van der Waals surface area contributed by atoms with E-state index in [0.717, 1.165) is 21.6 Å². The Morgan fingerprint density at radius 3 is 2.37 bits per heavy atom. The summed E-state index contributed by atoms with van der Waals surface area (Å²) in [4.78, 5) is 18.8. The van der Waals surface area contributed by atoms with Gasteiger partial charge in [-0.05, 0) is 31.2 Å². The van der Waals surface area contributed by atoms with Crippen molar-refractivity contribution < 1.29 is 13.2 Å². The van der Waals surface area contributed by atoms with Gasteiger partial charge in [0.05, 0.1) is 17.5 Å². The maximum atomic E-state index is 12.9. The van der Waals surface area contributed by atoms with Crippen LogP contribution in [0.3, 0.4) is 0 Å². The van der Waals surface area contributed by atoms with Gasteiger partial charge in [0, 0.05) is 23.8 Å². The molecular weight excluding hydrogens is 362 g/mol. The van der Waals surface area contributed by atoms with Crippen molar-refractivity contribution in [2.45, 2.75) is 6.92 Å². The third kappa shape index (κ3) is 4.09. The van der Waals surface area contributed by atoms with Gasteiger partial charge in [-0.3, -0.25) is 14.1 Å². The Balaban J connectivity index is 2.00. The maximum absolute atomic E-state index is 12.9. The Kier molecular flexibility index (Phi) is 5.41. The summed E-state index contributed by atoms with van der Waals surface area (Å²) in [6.45, 7) is 2.00. The van der Waals surface area contributed by atoms with Gasteiger partial charge in [0.2, 0.25) is 15.9 Å². The molecule has 0 saturated heterocycles. The van der Waals surface area contributed by atoms with E-state index in [1.165, 1.54) is 0 Å². The third-order valence-corrected chi connectivity index (χ3v) is 5.37. The van der Waals surface area contributed by atoms with Crippen LogP contribution in [0.5, 0.6) is 0 Å². The van der Waals surface area contributed by atoms with Crippen LogP contribution in [0.15, 0.2) is 66.9 Å². The van der Waals surface area contributed by atoms with Crippen molar-refractivity contribution in [1.82, 2.24) is 4.98 Å². The molecule has 0 radical (unpaired) electrons. The zero-order valence-electron chi connectivity index (χ0n) is 15.2. The lowest BCUT2D eigenvalue weighted by atomic mass is 10.2. The highest BCUT2D eigenvalue weighted by Crippen LogP contribution is 2.27. The Bertz CT molecular complexity index is 1050. The molecule has 1 amide bonds. The minimum atomic E-state index is -3.68. The predicted molar refractivity (Wildman–Crippen MR) is 108 cm³/mol. The summed E-state index contributed by atoms with van der Waals surface area (Å²) >= 11 is 0. The van der Waals surface area contributed by atoms with Gasteiger partial charge in [0.25, 0.3) is 0 Å². The summed E-state index contributed by atoms with van der Waals surface area (Å²) in [7, 11) is -3.68. The van der Waals surface area contributed by atoms with Crippen LogP contribution in [-0.2, 0) is 14.8 Å². The minimum absolute atomic E-state index is 0.294. The van der Waals surface area contributed by atoms with Crippen molar-refractivity contribution in [3.63, 3.8) is 0 Å². The zero-order chi connectivity index (χ0) is 19.4. The molecule has 27 heavy (non-hydrogen) atoms. The quantitative estimate of drug-likeness (QED) is 0.656. The number of anilines is 2. The van der Waals surface area contributed by atoms with E-state index < -0.39 is 10.0 Å². The highest BCUT2D eigenvalue weighted by Gasteiger charge is 2.25. The van der Waals surface area contributed by atoms with E-state index in [4.69, 9.17) is 0 Å². The van der Waals surface area contributed by atoms with Crippen molar-refractivity contribution in [2.24, 2.45) is 0 Å². The van der Waals surface area contributed by atoms with E-state index >= 15 is 0 Å². The number of benzene rings is 2. The van der Waals surface area contributed by atoms with E-state index in [9.17, 15) is 13.2 Å². The first-order valence-electron chi connectivity index (χ1n) is 8.58. The molecule has 3 aromatic rings. The molecule has 0 aliphatic heterocycles. The molecule has 0 fully saturated rings. The first-order chi connectivity index (χ1) is 12.9. The van der Waals surface area contributed by atoms with Gasteiger partial charge in [0.15, 0.2) is 0 Å². The van der Waals surface area contributed by atoms with Gasteiger partial charge >= 0.3 is 0 Å². The number of sulfonamides is 1. The molecule has 6 nitrogen and oxygen atoms in total. The molecule has 0 spiro atoms. The van der Waals surface area contributed by atoms with Crippen molar-refractivity contribution in [3.05, 3.63) is 66.9 Å². The smallest absolute Gasteiger partial charge is 0.247 e. The zero-order valence-corrected chi connectivity index (χ0v) is 16.1. The number of fused-ring (bicyclic) bond motifs is 1. The lowest BCUT2D eigenvalue weighted by Gasteiger charge is -2.27. The first-order valence-corrected chi connectivity index (χ1v) is 10.4. The number of para-hydroxylation sites is 2. The molecule has 2 aromatic carbocycles. The van der Waals surface area contributed by atoms with Crippen molar-refractivity contribution in [2.75, 3.05) is 28.6 Å². The fourth-order valence-electron chi connectivity index (χ4n) is 2.99. The number of likely N-dealkylation sites (N-methyl/N-ethyl adjacent to an activating group) is 1. The second-order valence-corrected chi connectivity index (χ2v) is 8.00. The van der Waals surface area contributed by atoms with Crippen LogP contribution < -0.4 is 9.21 Å². The number of carbonyl (C=O) groups excluding carboxylic acids is 1. The SMILES string of the molecule is CCN(C(=O)CN(c1cccc2cccnc12)S(C)(=O)=O)c1ccccc1. The van der Waals surface area contributed by atoms with E-state index in [1.807, 2.05) is 49.4 Å². The number of carbonyl (C=O) groups is 1. The standard InChI is InChI=1S/C20H21N3O3S/c1-3-22(17-11-5-4-6-12-17)19(24)15-23(27(2,25)26)18-13-7-9-16-10-8-14-21-20(16)18/h4-14H,3,15H2,1-2H3. The van der Waals surface area contributed by atoms with Crippen LogP contribution in [0.1, 0.15) is 6.92 Å². The van der Waals surface area contributed by atoms with Crippen LogP contribution in [-0.4, -0.2) is 38.7 Å². The Morgan fingerprint density at radius 2 is 1.70 bits per heavy atom. The predicted octanol–water partition coefficient (Wildman–Crippen LogP) is 3.05. The molecule has 0 aliphatic rings. The summed E-state index contributed by atoms with van der Waals surface area (Å²) in [5.74, 6) is -0.304. The second kappa shape index (κ2) is 7.75. The molecule has 3 rings (SSSR count). The maximum Gasteiger partial charge on any atom is 0.247 e. The Hall–Kier alpha value is -2.93. The summed E-state index contributed by atoms with van der Waals surface area (Å²) in [6, 6.07) is 18.1. The van der Waals surface area contributed by atoms with Crippen molar-refractivity contribution in [1.29, 1.82) is 0 Å². The van der Waals surface area contributed by atoms with Gasteiger partial charge in [-0.15, -0.1) is 0 Å². The van der Waals surface area contributed by atoms with E-state index in [-0.39, 0.29) is 12.5 Å². The summed E-state index contributed by atoms with van der Waals surface area (Å²) < 4.78 is 26.1. The average Bonchev–Trinajstić information content (AvgIpc) is 2.66. The van der Waals surface area contributed by atoms with Crippen LogP contribution in [0.4, 0.5) is 11.4 Å². The Morgan fingerprint density at radius 1 is 1.00 bits per heavy atom. The Labute approximate surface area is 159 Å². The fraction of sp³-hybridized carbons (Fsp3) is 0.200. The summed E-state index contributed by atoms with van der Waals surface area (Å²) in [6.07, 6.45) is 2.71. The molecule has 0 aliphatic carbocycles. The highest BCUT2D eigenvalue weighted by molar-refractivity contribution is 7.92. The number of hydrogen-bond acceptors (Lipinski definition) is 4. The second-order valence-electron chi connectivity index (χ2n) is 6.10. The van der Waals surface area contributed by atoms with Gasteiger partial charge in [-0.2, -0.15) is 0 Å². The number of hydrogen-bond donors (Lipinski definition) is 0. The van der Waals surface area contributed by atoms with Crippen LogP contribution in [0, 0.1) is 0 Å². The molecule has 7 heteroatoms. The largest absolute Gasteiger partial charge is 0.311 e. The molecule has 1 aromatic heterocycles. The number of pyridine rings is 1. The van der Waals surface area contributed by atoms with Crippen LogP contribution >= 0.6 is 0 Å². The normalized spacial score (nSPS) is 11.3. The van der Waals surface area contributed by atoms with Crippen LogP contribution in [0.25, 0.3) is 10.9 Å². The molecular formula is C20H21N3O3S. The molecule has 0 saturated carbocycles. The van der Waals surface area contributed by atoms with Crippen molar-refractivity contribution in [3.8, 4) is 0 Å².